The van der Waals surface area contributed by atoms with E-state index in [1.165, 1.54) is 30.5 Å². The molecule has 0 aliphatic heterocycles. The van der Waals surface area contributed by atoms with E-state index in [2.05, 4.69) is 10.5 Å². The minimum atomic E-state index is -0.682. The lowest BCUT2D eigenvalue weighted by atomic mass is 10.2. The van der Waals surface area contributed by atoms with E-state index >= 15 is 0 Å². The Morgan fingerprint density at radius 2 is 1.85 bits per heavy atom. The molecule has 0 aliphatic rings. The number of carbonyl (C=O) groups is 1. The van der Waals surface area contributed by atoms with Gasteiger partial charge in [0.05, 0.1) is 11.1 Å². The van der Waals surface area contributed by atoms with Crippen LogP contribution in [0.25, 0.3) is 11.3 Å². The Hall–Kier alpha value is -3.45. The summed E-state index contributed by atoms with van der Waals surface area (Å²) in [5.41, 5.74) is 2.73. The molecule has 0 aliphatic carbocycles. The van der Waals surface area contributed by atoms with E-state index in [1.807, 2.05) is 12.1 Å². The summed E-state index contributed by atoms with van der Waals surface area (Å²) in [6.07, 6.45) is 1.31. The van der Waals surface area contributed by atoms with Crippen molar-refractivity contribution in [1.29, 1.82) is 0 Å². The van der Waals surface area contributed by atoms with Crippen molar-refractivity contribution in [1.82, 2.24) is 5.43 Å². The molecule has 2 aromatic carbocycles. The van der Waals surface area contributed by atoms with Gasteiger partial charge < -0.3 is 4.42 Å². The molecule has 1 heterocycles. The maximum Gasteiger partial charge on any atom is 0.282 e. The summed E-state index contributed by atoms with van der Waals surface area (Å²) in [6, 6.07) is 16.2. The number of rotatable bonds is 5. The Morgan fingerprint density at radius 1 is 1.12 bits per heavy atom. The van der Waals surface area contributed by atoms with Crippen LogP contribution < -0.4 is 5.43 Å². The minimum absolute atomic E-state index is 0.0732. The van der Waals surface area contributed by atoms with E-state index in [1.54, 1.807) is 24.3 Å². The Labute approximate surface area is 153 Å². The van der Waals surface area contributed by atoms with Crippen LogP contribution in [0.2, 0.25) is 5.02 Å². The van der Waals surface area contributed by atoms with Crippen LogP contribution in [0.15, 0.2) is 70.2 Å². The summed E-state index contributed by atoms with van der Waals surface area (Å²) in [5, 5.41) is 15.3. The first-order chi connectivity index (χ1) is 12.5. The lowest BCUT2D eigenvalue weighted by Crippen LogP contribution is -2.18. The molecule has 0 fully saturated rings. The van der Waals surface area contributed by atoms with Gasteiger partial charge >= 0.3 is 0 Å². The molecule has 0 saturated carbocycles. The van der Waals surface area contributed by atoms with Crippen molar-refractivity contribution in [3.63, 3.8) is 0 Å². The molecule has 0 bridgehead atoms. The monoisotopic (exact) mass is 369 g/mol. The number of nitro groups is 1. The largest absolute Gasteiger partial charge is 0.455 e. The summed E-state index contributed by atoms with van der Waals surface area (Å²) >= 11 is 5.85. The van der Waals surface area contributed by atoms with Crippen molar-refractivity contribution in [3.8, 4) is 11.3 Å². The van der Waals surface area contributed by atoms with Crippen molar-refractivity contribution in [3.05, 3.63) is 87.1 Å². The van der Waals surface area contributed by atoms with Gasteiger partial charge in [0, 0.05) is 16.7 Å². The molecule has 3 rings (SSSR count). The maximum atomic E-state index is 12.0. The Morgan fingerprint density at radius 3 is 2.58 bits per heavy atom. The fraction of sp³-hybridized carbons (Fsp3) is 0. The van der Waals surface area contributed by atoms with Crippen LogP contribution in [0.5, 0.6) is 0 Å². The highest BCUT2D eigenvalue weighted by molar-refractivity contribution is 6.30. The van der Waals surface area contributed by atoms with Crippen LogP contribution in [0.1, 0.15) is 16.1 Å². The van der Waals surface area contributed by atoms with Gasteiger partial charge in [-0.05, 0) is 42.5 Å². The van der Waals surface area contributed by atoms with Gasteiger partial charge in [0.15, 0.2) is 0 Å². The molecule has 1 N–H and O–H groups in total. The normalized spacial score (nSPS) is 10.8. The lowest BCUT2D eigenvalue weighted by Gasteiger charge is -2.00. The Kier molecular flexibility index (Phi) is 5.09. The molecule has 0 radical (unpaired) electrons. The predicted molar refractivity (Wildman–Crippen MR) is 97.3 cm³/mol. The number of nitrogens with one attached hydrogen (secondary N) is 1. The molecule has 7 nitrogen and oxygen atoms in total. The second-order valence-electron chi connectivity index (χ2n) is 5.18. The van der Waals surface area contributed by atoms with Gasteiger partial charge in [0.1, 0.15) is 17.1 Å². The molecule has 0 unspecified atom stereocenters. The third kappa shape index (κ3) is 3.96. The number of para-hydroxylation sites is 1. The highest BCUT2D eigenvalue weighted by atomic mass is 35.5. The number of hydrazone groups is 1. The number of benzene rings is 2. The Balaban J connectivity index is 1.69. The summed E-state index contributed by atoms with van der Waals surface area (Å²) in [5.74, 6) is 0.351. The number of nitro benzene ring substituents is 1. The number of carbonyl (C=O) groups excluding carboxylic acids is 1. The van der Waals surface area contributed by atoms with Crippen molar-refractivity contribution in [2.75, 3.05) is 0 Å². The first-order valence-corrected chi connectivity index (χ1v) is 7.85. The summed E-state index contributed by atoms with van der Waals surface area (Å²) in [6.45, 7) is 0. The van der Waals surface area contributed by atoms with Crippen LogP contribution in [-0.4, -0.2) is 17.0 Å². The zero-order chi connectivity index (χ0) is 18.5. The molecule has 1 aromatic heterocycles. The summed E-state index contributed by atoms with van der Waals surface area (Å²) in [7, 11) is 0. The van der Waals surface area contributed by atoms with Gasteiger partial charge in [0.2, 0.25) is 0 Å². The average Bonchev–Trinajstić information content (AvgIpc) is 3.11. The topological polar surface area (TPSA) is 97.7 Å². The van der Waals surface area contributed by atoms with Gasteiger partial charge in [-0.2, -0.15) is 5.10 Å². The van der Waals surface area contributed by atoms with Crippen molar-refractivity contribution in [2.24, 2.45) is 5.10 Å². The number of nitrogens with zero attached hydrogens (tertiary/aromatic N) is 2. The second kappa shape index (κ2) is 7.62. The van der Waals surface area contributed by atoms with Gasteiger partial charge in [0.25, 0.3) is 11.6 Å². The fourth-order valence-electron chi connectivity index (χ4n) is 2.23. The zero-order valence-corrected chi connectivity index (χ0v) is 14.0. The highest BCUT2D eigenvalue weighted by Gasteiger charge is 2.18. The standard InChI is InChI=1S/C18H12ClN3O4/c19-13-7-5-12(6-8-13)17-10-9-14(26-17)11-20-21-18(23)15-3-1-2-4-16(15)22(24)25/h1-11H,(H,21,23)/b20-11+. The highest BCUT2D eigenvalue weighted by Crippen LogP contribution is 2.23. The number of hydrogen-bond acceptors (Lipinski definition) is 5. The summed E-state index contributed by atoms with van der Waals surface area (Å²) < 4.78 is 5.61. The number of halogens is 1. The quantitative estimate of drug-likeness (QED) is 0.412. The molecule has 8 heteroatoms. The molecule has 26 heavy (non-hydrogen) atoms. The van der Waals surface area contributed by atoms with E-state index in [9.17, 15) is 14.9 Å². The van der Waals surface area contributed by atoms with E-state index in [0.717, 1.165) is 5.56 Å². The number of hydrogen-bond donors (Lipinski definition) is 1. The van der Waals surface area contributed by atoms with Gasteiger partial charge in [-0.3, -0.25) is 14.9 Å². The van der Waals surface area contributed by atoms with Gasteiger partial charge in [-0.25, -0.2) is 5.43 Å². The molecular weight excluding hydrogens is 358 g/mol. The zero-order valence-electron chi connectivity index (χ0n) is 13.3. The molecule has 3 aromatic rings. The van der Waals surface area contributed by atoms with E-state index < -0.39 is 10.8 Å². The van der Waals surface area contributed by atoms with Crippen molar-refractivity contribution >= 4 is 29.4 Å². The SMILES string of the molecule is O=C(N/N=C/c1ccc(-c2ccc(Cl)cc2)o1)c1ccccc1[N+](=O)[O-]. The smallest absolute Gasteiger partial charge is 0.282 e. The van der Waals surface area contributed by atoms with Crippen LogP contribution in [0.4, 0.5) is 5.69 Å². The van der Waals surface area contributed by atoms with E-state index in [0.29, 0.717) is 16.5 Å². The average molecular weight is 370 g/mol. The minimum Gasteiger partial charge on any atom is -0.455 e. The van der Waals surface area contributed by atoms with Crippen molar-refractivity contribution < 1.29 is 14.1 Å². The third-order valence-corrected chi connectivity index (χ3v) is 3.71. The van der Waals surface area contributed by atoms with E-state index in [-0.39, 0.29) is 11.3 Å². The third-order valence-electron chi connectivity index (χ3n) is 3.46. The summed E-state index contributed by atoms with van der Waals surface area (Å²) in [4.78, 5) is 22.4. The first kappa shape index (κ1) is 17.4. The van der Waals surface area contributed by atoms with Gasteiger partial charge in [-0.15, -0.1) is 0 Å². The van der Waals surface area contributed by atoms with Crippen LogP contribution in [0, 0.1) is 10.1 Å². The number of furan rings is 1. The molecule has 0 atom stereocenters. The van der Waals surface area contributed by atoms with E-state index in [4.69, 9.17) is 16.0 Å². The predicted octanol–water partition coefficient (Wildman–Crippen LogP) is 4.27. The van der Waals surface area contributed by atoms with Crippen LogP contribution >= 0.6 is 11.6 Å². The maximum absolute atomic E-state index is 12.0. The molecule has 0 spiro atoms. The Bertz CT molecular complexity index is 980. The molecule has 130 valence electrons. The fourth-order valence-corrected chi connectivity index (χ4v) is 2.36. The molecule has 0 saturated heterocycles. The number of amides is 1. The second-order valence-corrected chi connectivity index (χ2v) is 5.62. The lowest BCUT2D eigenvalue weighted by molar-refractivity contribution is -0.385. The molecule has 1 amide bonds. The molecular formula is C18H12ClN3O4. The van der Waals surface area contributed by atoms with Crippen LogP contribution in [-0.2, 0) is 0 Å². The van der Waals surface area contributed by atoms with Crippen molar-refractivity contribution in [2.45, 2.75) is 0 Å². The van der Waals surface area contributed by atoms with Gasteiger partial charge in [-0.1, -0.05) is 23.7 Å². The van der Waals surface area contributed by atoms with Crippen LogP contribution in [0.3, 0.4) is 0 Å². The first-order valence-electron chi connectivity index (χ1n) is 7.47.